The Labute approximate surface area is 248 Å². The maximum Gasteiger partial charge on any atom is 0.408 e. The number of carbonyl (C=O) groups is 5. The molecule has 4 unspecified atom stereocenters. The maximum atomic E-state index is 13.4. The molecule has 234 valence electrons. The van der Waals surface area contributed by atoms with Gasteiger partial charge in [-0.1, -0.05) is 71.9 Å². The first-order chi connectivity index (χ1) is 19.8. The van der Waals surface area contributed by atoms with Gasteiger partial charge in [0.15, 0.2) is 12.2 Å². The molecule has 3 N–H and O–H groups in total. The Morgan fingerprint density at radius 2 is 1.40 bits per heavy atom. The lowest BCUT2D eigenvalue weighted by Crippen LogP contribution is -2.58. The summed E-state index contributed by atoms with van der Waals surface area (Å²) in [5.74, 6) is -2.31. The quantitative estimate of drug-likeness (QED) is 0.160. The van der Waals surface area contributed by atoms with Crippen LogP contribution < -0.4 is 16.1 Å². The fourth-order valence-electron chi connectivity index (χ4n) is 4.21. The fourth-order valence-corrected chi connectivity index (χ4v) is 4.21. The molecule has 0 aromatic heterocycles. The lowest BCUT2D eigenvalue weighted by atomic mass is 10.0. The number of esters is 1. The van der Waals surface area contributed by atoms with E-state index in [1.807, 2.05) is 71.9 Å². The molecule has 2 rings (SSSR count). The summed E-state index contributed by atoms with van der Waals surface area (Å²) in [6, 6.07) is 7.21. The minimum atomic E-state index is -1.05. The molecule has 4 amide bonds. The van der Waals surface area contributed by atoms with Gasteiger partial charge in [0.05, 0.1) is 6.61 Å². The zero-order chi connectivity index (χ0) is 31.4. The van der Waals surface area contributed by atoms with Crippen molar-refractivity contribution in [1.82, 2.24) is 21.1 Å². The van der Waals surface area contributed by atoms with E-state index in [0.29, 0.717) is 6.42 Å². The Kier molecular flexibility index (Phi) is 13.7. The van der Waals surface area contributed by atoms with Crippen molar-refractivity contribution < 1.29 is 38.2 Å². The SMILES string of the molecule is CCOC(=O)C1OC1C(=O)N(CC(C)C)NC(=O)C(CC(C)C)NC(=O)C(CC(C)C)NC(=O)OCc1ccccc1. The van der Waals surface area contributed by atoms with E-state index < -0.39 is 54.1 Å². The maximum absolute atomic E-state index is 13.4. The molecule has 12 nitrogen and oxygen atoms in total. The molecule has 0 saturated carbocycles. The number of alkyl carbamates (subject to hydrolysis) is 1. The van der Waals surface area contributed by atoms with E-state index in [9.17, 15) is 24.0 Å². The van der Waals surface area contributed by atoms with E-state index in [2.05, 4.69) is 16.1 Å². The number of ether oxygens (including phenoxy) is 3. The predicted molar refractivity (Wildman–Crippen MR) is 154 cm³/mol. The third kappa shape index (κ3) is 11.7. The number of hydrogen-bond acceptors (Lipinski definition) is 8. The molecule has 1 heterocycles. The fraction of sp³-hybridized carbons (Fsp3) is 0.633. The zero-order valence-electron chi connectivity index (χ0n) is 25.7. The molecule has 4 atom stereocenters. The second kappa shape index (κ2) is 16.7. The van der Waals surface area contributed by atoms with Gasteiger partial charge in [-0.05, 0) is 43.1 Å². The van der Waals surface area contributed by atoms with Crippen LogP contribution in [0.15, 0.2) is 30.3 Å². The molecule has 42 heavy (non-hydrogen) atoms. The van der Waals surface area contributed by atoms with Crippen LogP contribution in [-0.4, -0.2) is 72.2 Å². The second-order valence-electron chi connectivity index (χ2n) is 11.6. The summed E-state index contributed by atoms with van der Waals surface area (Å²) in [6.07, 6.45) is -2.23. The minimum absolute atomic E-state index is 0.0163. The lowest BCUT2D eigenvalue weighted by Gasteiger charge is -2.29. The molecule has 12 heteroatoms. The number of amides is 4. The van der Waals surface area contributed by atoms with Crippen LogP contribution in [-0.2, 0) is 40.0 Å². The molecule has 1 aliphatic heterocycles. The summed E-state index contributed by atoms with van der Waals surface area (Å²) >= 11 is 0. The smallest absolute Gasteiger partial charge is 0.408 e. The van der Waals surface area contributed by atoms with E-state index >= 15 is 0 Å². The number of hydrazine groups is 1. The van der Waals surface area contributed by atoms with Crippen LogP contribution in [0.2, 0.25) is 0 Å². The van der Waals surface area contributed by atoms with E-state index in [1.54, 1.807) is 6.92 Å². The Bertz CT molecular complexity index is 1060. The first-order valence-corrected chi connectivity index (χ1v) is 14.5. The zero-order valence-corrected chi connectivity index (χ0v) is 25.7. The summed E-state index contributed by atoms with van der Waals surface area (Å²) in [7, 11) is 0. The molecule has 1 fully saturated rings. The number of benzene rings is 1. The van der Waals surface area contributed by atoms with Crippen LogP contribution in [0.1, 0.15) is 66.9 Å². The third-order valence-corrected chi connectivity index (χ3v) is 6.18. The normalized spacial score (nSPS) is 17.3. The van der Waals surface area contributed by atoms with Crippen molar-refractivity contribution in [1.29, 1.82) is 0 Å². The molecule has 0 aliphatic carbocycles. The first kappa shape index (κ1) is 34.5. The summed E-state index contributed by atoms with van der Waals surface area (Å²) in [5.41, 5.74) is 3.42. The van der Waals surface area contributed by atoms with E-state index in [-0.39, 0.29) is 43.9 Å². The topological polar surface area (TPSA) is 156 Å². The largest absolute Gasteiger partial charge is 0.464 e. The van der Waals surface area contributed by atoms with Crippen LogP contribution in [0.4, 0.5) is 4.79 Å². The van der Waals surface area contributed by atoms with Gasteiger partial charge in [0.2, 0.25) is 5.91 Å². The van der Waals surface area contributed by atoms with E-state index in [0.717, 1.165) is 10.6 Å². The average Bonchev–Trinajstić information content (AvgIpc) is 3.71. The molecular formula is C30H46N4O8. The Morgan fingerprint density at radius 3 is 1.95 bits per heavy atom. The molecular weight excluding hydrogens is 544 g/mol. The van der Waals surface area contributed by atoms with Crippen molar-refractivity contribution in [3.8, 4) is 0 Å². The Hall–Kier alpha value is -3.67. The highest BCUT2D eigenvalue weighted by atomic mass is 16.6. The third-order valence-electron chi connectivity index (χ3n) is 6.18. The Balaban J connectivity index is 2.10. The highest BCUT2D eigenvalue weighted by molar-refractivity contribution is 5.95. The van der Waals surface area contributed by atoms with Gasteiger partial charge in [0, 0.05) is 6.54 Å². The molecule has 0 radical (unpaired) electrons. The van der Waals surface area contributed by atoms with Crippen molar-refractivity contribution in [2.45, 2.75) is 92.2 Å². The molecule has 0 bridgehead atoms. The average molecular weight is 591 g/mol. The van der Waals surface area contributed by atoms with Gasteiger partial charge in [-0.2, -0.15) is 0 Å². The van der Waals surface area contributed by atoms with Gasteiger partial charge in [0.25, 0.3) is 11.8 Å². The van der Waals surface area contributed by atoms with Crippen molar-refractivity contribution in [3.63, 3.8) is 0 Å². The van der Waals surface area contributed by atoms with Gasteiger partial charge in [-0.25, -0.2) is 9.59 Å². The van der Waals surface area contributed by atoms with Crippen molar-refractivity contribution in [3.05, 3.63) is 35.9 Å². The number of nitrogens with zero attached hydrogens (tertiary/aromatic N) is 1. The van der Waals surface area contributed by atoms with Crippen LogP contribution in [0, 0.1) is 17.8 Å². The van der Waals surface area contributed by atoms with Crippen LogP contribution in [0.3, 0.4) is 0 Å². The van der Waals surface area contributed by atoms with E-state index in [4.69, 9.17) is 14.2 Å². The predicted octanol–water partition coefficient (Wildman–Crippen LogP) is 2.70. The van der Waals surface area contributed by atoms with Crippen molar-refractivity contribution >= 4 is 29.8 Å². The van der Waals surface area contributed by atoms with Gasteiger partial charge in [0.1, 0.15) is 18.7 Å². The van der Waals surface area contributed by atoms with Gasteiger partial charge >= 0.3 is 12.1 Å². The number of hydrogen-bond donors (Lipinski definition) is 3. The van der Waals surface area contributed by atoms with Crippen molar-refractivity contribution in [2.24, 2.45) is 17.8 Å². The highest BCUT2D eigenvalue weighted by Crippen LogP contribution is 2.25. The summed E-state index contributed by atoms with van der Waals surface area (Å²) in [6.45, 7) is 13.4. The number of carbonyl (C=O) groups excluding carboxylic acids is 5. The Morgan fingerprint density at radius 1 is 0.810 bits per heavy atom. The molecule has 1 aromatic rings. The van der Waals surface area contributed by atoms with Crippen LogP contribution in [0.25, 0.3) is 0 Å². The van der Waals surface area contributed by atoms with Crippen LogP contribution >= 0.6 is 0 Å². The summed E-state index contributed by atoms with van der Waals surface area (Å²) < 4.78 is 15.5. The molecule has 0 spiro atoms. The van der Waals surface area contributed by atoms with Gasteiger partial charge < -0.3 is 24.8 Å². The highest BCUT2D eigenvalue weighted by Gasteiger charge is 2.53. The summed E-state index contributed by atoms with van der Waals surface area (Å²) in [4.78, 5) is 64.4. The van der Waals surface area contributed by atoms with Gasteiger partial charge in [-0.3, -0.25) is 24.8 Å². The summed E-state index contributed by atoms with van der Waals surface area (Å²) in [5, 5.41) is 6.50. The van der Waals surface area contributed by atoms with Crippen molar-refractivity contribution in [2.75, 3.05) is 13.2 Å². The number of epoxide rings is 1. The van der Waals surface area contributed by atoms with E-state index in [1.165, 1.54) is 0 Å². The minimum Gasteiger partial charge on any atom is -0.464 e. The number of rotatable bonds is 15. The standard InChI is InChI=1S/C30H46N4O8/c1-8-40-29(38)25-24(42-25)28(37)34(16-20(6)7)33-27(36)23(15-19(4)5)31-26(35)22(14-18(2)3)32-30(39)41-17-21-12-10-9-11-13-21/h9-13,18-20,22-25H,8,14-17H2,1-7H3,(H,31,35)(H,32,39)(H,33,36). The second-order valence-corrected chi connectivity index (χ2v) is 11.6. The number of nitrogens with one attached hydrogen (secondary N) is 3. The molecule has 1 saturated heterocycles. The lowest BCUT2D eigenvalue weighted by molar-refractivity contribution is -0.146. The molecule has 1 aromatic carbocycles. The molecule has 1 aliphatic rings. The monoisotopic (exact) mass is 590 g/mol. The van der Waals surface area contributed by atoms with Crippen LogP contribution in [0.5, 0.6) is 0 Å². The van der Waals surface area contributed by atoms with Gasteiger partial charge in [-0.15, -0.1) is 0 Å². The first-order valence-electron chi connectivity index (χ1n) is 14.5.